The van der Waals surface area contributed by atoms with Crippen molar-refractivity contribution in [3.8, 4) is 0 Å². The molecule has 1 aliphatic rings. The van der Waals surface area contributed by atoms with Gasteiger partial charge in [-0.3, -0.25) is 4.79 Å². The highest BCUT2D eigenvalue weighted by Crippen LogP contribution is 2.27. The number of fused-ring (bicyclic) bond motifs is 3. The summed E-state index contributed by atoms with van der Waals surface area (Å²) in [6.07, 6.45) is 0. The summed E-state index contributed by atoms with van der Waals surface area (Å²) in [4.78, 5) is 11.7. The minimum atomic E-state index is -0.00188. The van der Waals surface area contributed by atoms with Crippen LogP contribution in [0.3, 0.4) is 0 Å². The zero-order chi connectivity index (χ0) is 11.3. The van der Waals surface area contributed by atoms with Crippen LogP contribution in [0, 0.1) is 6.92 Å². The van der Waals surface area contributed by atoms with E-state index in [4.69, 9.17) is 11.6 Å². The Bertz CT molecular complexity index is 601. The van der Waals surface area contributed by atoms with Crippen LogP contribution < -0.4 is 5.32 Å². The number of carbonyl (C=O) groups is 1. The van der Waals surface area contributed by atoms with Crippen LogP contribution in [0.25, 0.3) is 10.9 Å². The van der Waals surface area contributed by atoms with Crippen LogP contribution in [0.2, 0.25) is 5.02 Å². The van der Waals surface area contributed by atoms with Gasteiger partial charge in [-0.15, -0.1) is 0 Å². The van der Waals surface area contributed by atoms with E-state index in [1.165, 1.54) is 0 Å². The van der Waals surface area contributed by atoms with Gasteiger partial charge in [0.25, 0.3) is 5.91 Å². The molecular weight excluding hydrogens is 224 g/mol. The summed E-state index contributed by atoms with van der Waals surface area (Å²) in [5, 5.41) is 4.60. The predicted molar refractivity (Wildman–Crippen MR) is 64.0 cm³/mol. The van der Waals surface area contributed by atoms with E-state index in [2.05, 4.69) is 9.88 Å². The average Bonchev–Trinajstić information content (AvgIpc) is 2.57. The first-order chi connectivity index (χ1) is 7.66. The molecule has 1 aromatic carbocycles. The molecule has 1 amide bonds. The first-order valence-electron chi connectivity index (χ1n) is 5.24. The van der Waals surface area contributed by atoms with Crippen LogP contribution in [0.5, 0.6) is 0 Å². The van der Waals surface area contributed by atoms with Gasteiger partial charge in [-0.05, 0) is 30.7 Å². The molecule has 0 spiro atoms. The Morgan fingerprint density at radius 1 is 1.38 bits per heavy atom. The van der Waals surface area contributed by atoms with Gasteiger partial charge in [-0.2, -0.15) is 0 Å². The Balaban J connectivity index is 2.40. The fraction of sp³-hybridized carbons (Fsp3) is 0.250. The highest BCUT2D eigenvalue weighted by atomic mass is 35.5. The fourth-order valence-electron chi connectivity index (χ4n) is 2.38. The Morgan fingerprint density at radius 2 is 2.19 bits per heavy atom. The summed E-state index contributed by atoms with van der Waals surface area (Å²) in [5.74, 6) is -0.00188. The van der Waals surface area contributed by atoms with Crippen molar-refractivity contribution in [2.75, 3.05) is 6.54 Å². The van der Waals surface area contributed by atoms with Crippen molar-refractivity contribution >= 4 is 28.4 Å². The number of hydrogen-bond donors (Lipinski definition) is 1. The zero-order valence-electron chi connectivity index (χ0n) is 8.88. The molecule has 0 atom stereocenters. The van der Waals surface area contributed by atoms with E-state index >= 15 is 0 Å². The van der Waals surface area contributed by atoms with Crippen LogP contribution >= 0.6 is 11.6 Å². The molecule has 0 saturated carbocycles. The number of carbonyl (C=O) groups excluding carboxylic acids is 1. The van der Waals surface area contributed by atoms with Gasteiger partial charge >= 0.3 is 0 Å². The monoisotopic (exact) mass is 234 g/mol. The third-order valence-electron chi connectivity index (χ3n) is 3.00. The molecule has 1 aliphatic heterocycles. The Labute approximate surface area is 98.0 Å². The molecule has 0 saturated heterocycles. The van der Waals surface area contributed by atoms with Gasteiger partial charge in [0.1, 0.15) is 5.69 Å². The lowest BCUT2D eigenvalue weighted by Crippen LogP contribution is -2.34. The predicted octanol–water partition coefficient (Wildman–Crippen LogP) is 2.35. The van der Waals surface area contributed by atoms with E-state index in [0.29, 0.717) is 11.6 Å². The number of amides is 1. The average molecular weight is 235 g/mol. The number of aromatic nitrogens is 1. The van der Waals surface area contributed by atoms with Crippen LogP contribution in [0.15, 0.2) is 18.2 Å². The smallest absolute Gasteiger partial charge is 0.268 e. The molecule has 0 radical (unpaired) electrons. The topological polar surface area (TPSA) is 34.0 Å². The molecule has 2 aromatic rings. The van der Waals surface area contributed by atoms with Gasteiger partial charge in [-0.1, -0.05) is 11.6 Å². The van der Waals surface area contributed by atoms with Crippen molar-refractivity contribution in [1.82, 2.24) is 9.88 Å². The summed E-state index contributed by atoms with van der Waals surface area (Å²) in [6, 6.07) is 5.74. The Kier molecular flexibility index (Phi) is 1.98. The number of aryl methyl sites for hydroxylation is 1. The molecule has 82 valence electrons. The number of nitrogens with one attached hydrogen (secondary N) is 1. The van der Waals surface area contributed by atoms with Crippen molar-refractivity contribution in [2.45, 2.75) is 13.5 Å². The maximum absolute atomic E-state index is 11.7. The largest absolute Gasteiger partial charge is 0.349 e. The van der Waals surface area contributed by atoms with E-state index in [1.54, 1.807) is 0 Å². The lowest BCUT2D eigenvalue weighted by molar-refractivity contribution is 0.0929. The molecule has 0 unspecified atom stereocenters. The summed E-state index contributed by atoms with van der Waals surface area (Å²) < 4.78 is 2.07. The van der Waals surface area contributed by atoms with E-state index in [0.717, 1.165) is 28.7 Å². The second-order valence-corrected chi connectivity index (χ2v) is 4.53. The normalized spacial score (nSPS) is 15.0. The van der Waals surface area contributed by atoms with Crippen LogP contribution in [0.1, 0.15) is 16.1 Å². The third-order valence-corrected chi connectivity index (χ3v) is 3.22. The van der Waals surface area contributed by atoms with Crippen molar-refractivity contribution in [2.24, 2.45) is 0 Å². The Hall–Kier alpha value is -1.48. The molecular formula is C12H11ClN2O. The standard InChI is InChI=1S/C12H11ClN2O/c1-7-4-9(13)5-8-6-10-12(16)14-2-3-15(10)11(7)8/h4-6H,2-3H2,1H3,(H,14,16). The van der Waals surface area contributed by atoms with Crippen molar-refractivity contribution < 1.29 is 4.79 Å². The molecule has 0 bridgehead atoms. The summed E-state index contributed by atoms with van der Waals surface area (Å²) in [7, 11) is 0. The number of benzene rings is 1. The highest BCUT2D eigenvalue weighted by molar-refractivity contribution is 6.31. The quantitative estimate of drug-likeness (QED) is 0.746. The molecule has 3 nitrogen and oxygen atoms in total. The minimum absolute atomic E-state index is 0.00188. The number of halogens is 1. The van der Waals surface area contributed by atoms with E-state index in [9.17, 15) is 4.79 Å². The molecule has 0 aliphatic carbocycles. The molecule has 1 aromatic heterocycles. The number of rotatable bonds is 0. The van der Waals surface area contributed by atoms with Gasteiger partial charge in [0.15, 0.2) is 0 Å². The summed E-state index contributed by atoms with van der Waals surface area (Å²) in [6.45, 7) is 3.54. The Morgan fingerprint density at radius 3 is 3.00 bits per heavy atom. The lowest BCUT2D eigenvalue weighted by atomic mass is 10.1. The first kappa shape index (κ1) is 9.73. The number of hydrogen-bond acceptors (Lipinski definition) is 1. The van der Waals surface area contributed by atoms with E-state index < -0.39 is 0 Å². The lowest BCUT2D eigenvalue weighted by Gasteiger charge is -2.17. The zero-order valence-corrected chi connectivity index (χ0v) is 9.64. The van der Waals surface area contributed by atoms with Crippen LogP contribution in [-0.4, -0.2) is 17.0 Å². The summed E-state index contributed by atoms with van der Waals surface area (Å²) in [5.41, 5.74) is 2.96. The third kappa shape index (κ3) is 1.25. The van der Waals surface area contributed by atoms with Gasteiger partial charge in [-0.25, -0.2) is 0 Å². The van der Waals surface area contributed by atoms with Crippen LogP contribution in [-0.2, 0) is 6.54 Å². The van der Waals surface area contributed by atoms with E-state index in [1.807, 2.05) is 25.1 Å². The molecule has 16 heavy (non-hydrogen) atoms. The van der Waals surface area contributed by atoms with Gasteiger partial charge in [0.2, 0.25) is 0 Å². The van der Waals surface area contributed by atoms with E-state index in [-0.39, 0.29) is 5.91 Å². The SMILES string of the molecule is Cc1cc(Cl)cc2cc3n(c12)CCNC3=O. The van der Waals surface area contributed by atoms with Crippen LogP contribution in [0.4, 0.5) is 0 Å². The molecule has 2 heterocycles. The second-order valence-electron chi connectivity index (χ2n) is 4.10. The molecule has 1 N–H and O–H groups in total. The second kappa shape index (κ2) is 3.25. The van der Waals surface area contributed by atoms with Gasteiger partial charge in [0.05, 0.1) is 5.52 Å². The highest BCUT2D eigenvalue weighted by Gasteiger charge is 2.20. The van der Waals surface area contributed by atoms with Crippen molar-refractivity contribution in [1.29, 1.82) is 0 Å². The van der Waals surface area contributed by atoms with Gasteiger partial charge in [0, 0.05) is 23.5 Å². The van der Waals surface area contributed by atoms with Crippen molar-refractivity contribution in [3.05, 3.63) is 34.5 Å². The molecule has 0 fully saturated rings. The van der Waals surface area contributed by atoms with Gasteiger partial charge < -0.3 is 9.88 Å². The fourth-order valence-corrected chi connectivity index (χ4v) is 2.66. The number of nitrogens with zero attached hydrogens (tertiary/aromatic N) is 1. The maximum Gasteiger partial charge on any atom is 0.268 e. The van der Waals surface area contributed by atoms with Crippen molar-refractivity contribution in [3.63, 3.8) is 0 Å². The maximum atomic E-state index is 11.7. The first-order valence-corrected chi connectivity index (χ1v) is 5.62. The molecule has 3 rings (SSSR count). The minimum Gasteiger partial charge on any atom is -0.349 e. The molecule has 4 heteroatoms. The summed E-state index contributed by atoms with van der Waals surface area (Å²) >= 11 is 6.01.